The third kappa shape index (κ3) is 4.02. The van der Waals surface area contributed by atoms with E-state index in [9.17, 15) is 14.9 Å². The van der Waals surface area contributed by atoms with Gasteiger partial charge in [0, 0.05) is 0 Å². The van der Waals surface area contributed by atoms with Crippen molar-refractivity contribution in [3.05, 3.63) is 21.5 Å². The van der Waals surface area contributed by atoms with Gasteiger partial charge in [0.2, 0.25) is 0 Å². The van der Waals surface area contributed by atoms with Gasteiger partial charge in [0.1, 0.15) is 17.9 Å². The molecular formula is C11H18N4O4. The minimum Gasteiger partial charge on any atom is -0.273 e. The largest absolute Gasteiger partial charge is 0.312 e. The molecule has 1 aromatic heterocycles. The first kappa shape index (κ1) is 15.1. The molecule has 0 atom stereocenters. The predicted molar refractivity (Wildman–Crippen MR) is 67.3 cm³/mol. The van der Waals surface area contributed by atoms with Crippen molar-refractivity contribution in [1.29, 1.82) is 0 Å². The van der Waals surface area contributed by atoms with Gasteiger partial charge in [-0.25, -0.2) is 5.48 Å². The highest BCUT2D eigenvalue weighted by Gasteiger charge is 2.22. The standard InChI is InChI=1S/C11H18N4O4/c1-7(2)6-19-13-10(16)5-14-9(4)11(15(17)18)8(3)12-14/h7H,5-6H2,1-4H3,(H,13,16). The number of aromatic nitrogens is 2. The Morgan fingerprint density at radius 3 is 2.63 bits per heavy atom. The summed E-state index contributed by atoms with van der Waals surface area (Å²) in [6.07, 6.45) is 0. The fourth-order valence-electron chi connectivity index (χ4n) is 1.56. The summed E-state index contributed by atoms with van der Waals surface area (Å²) in [4.78, 5) is 26.9. The summed E-state index contributed by atoms with van der Waals surface area (Å²) < 4.78 is 1.29. The first-order valence-corrected chi connectivity index (χ1v) is 5.92. The Morgan fingerprint density at radius 2 is 2.16 bits per heavy atom. The molecule has 19 heavy (non-hydrogen) atoms. The molecule has 0 fully saturated rings. The van der Waals surface area contributed by atoms with E-state index in [1.54, 1.807) is 6.92 Å². The van der Waals surface area contributed by atoms with Gasteiger partial charge in [0.25, 0.3) is 5.91 Å². The van der Waals surface area contributed by atoms with E-state index in [0.717, 1.165) is 0 Å². The Hall–Kier alpha value is -1.96. The zero-order valence-electron chi connectivity index (χ0n) is 11.5. The van der Waals surface area contributed by atoms with E-state index in [4.69, 9.17) is 4.84 Å². The van der Waals surface area contributed by atoms with E-state index in [1.165, 1.54) is 11.6 Å². The van der Waals surface area contributed by atoms with Gasteiger partial charge in [-0.3, -0.25) is 24.4 Å². The van der Waals surface area contributed by atoms with Gasteiger partial charge >= 0.3 is 5.69 Å². The van der Waals surface area contributed by atoms with Crippen LogP contribution in [0.1, 0.15) is 25.2 Å². The molecule has 8 heteroatoms. The van der Waals surface area contributed by atoms with Crippen LogP contribution in [0.2, 0.25) is 0 Å². The zero-order valence-corrected chi connectivity index (χ0v) is 11.5. The summed E-state index contributed by atoms with van der Waals surface area (Å²) in [7, 11) is 0. The molecule has 0 unspecified atom stereocenters. The van der Waals surface area contributed by atoms with Crippen LogP contribution < -0.4 is 5.48 Å². The second kappa shape index (κ2) is 6.28. The number of carbonyl (C=O) groups excluding carboxylic acids is 1. The van der Waals surface area contributed by atoms with Crippen LogP contribution in [0.3, 0.4) is 0 Å². The Kier molecular flexibility index (Phi) is 4.99. The summed E-state index contributed by atoms with van der Waals surface area (Å²) in [5.41, 5.74) is 2.86. The maximum absolute atomic E-state index is 11.6. The molecule has 0 saturated carbocycles. The number of hydrogen-bond acceptors (Lipinski definition) is 5. The summed E-state index contributed by atoms with van der Waals surface area (Å²) in [5, 5.41) is 14.8. The van der Waals surface area contributed by atoms with E-state index in [2.05, 4.69) is 10.6 Å². The van der Waals surface area contributed by atoms with Gasteiger partial charge in [-0.15, -0.1) is 0 Å². The number of nitro groups is 1. The molecule has 0 bridgehead atoms. The molecule has 106 valence electrons. The molecule has 1 aromatic rings. The molecule has 0 saturated heterocycles. The van der Waals surface area contributed by atoms with Gasteiger partial charge in [0.05, 0.1) is 11.5 Å². The first-order chi connectivity index (χ1) is 8.82. The van der Waals surface area contributed by atoms with E-state index >= 15 is 0 Å². The topological polar surface area (TPSA) is 99.3 Å². The van der Waals surface area contributed by atoms with Gasteiger partial charge in [0.15, 0.2) is 0 Å². The van der Waals surface area contributed by atoms with Crippen molar-refractivity contribution in [2.45, 2.75) is 34.2 Å². The van der Waals surface area contributed by atoms with Crippen LogP contribution in [-0.4, -0.2) is 27.2 Å². The lowest BCUT2D eigenvalue weighted by molar-refractivity contribution is -0.386. The summed E-state index contributed by atoms with van der Waals surface area (Å²) in [6, 6.07) is 0. The molecule has 8 nitrogen and oxygen atoms in total. The number of hydrogen-bond donors (Lipinski definition) is 1. The molecule has 1 heterocycles. The van der Waals surface area contributed by atoms with E-state index in [1.807, 2.05) is 13.8 Å². The van der Waals surface area contributed by atoms with E-state index in [0.29, 0.717) is 23.9 Å². The van der Waals surface area contributed by atoms with Crippen molar-refractivity contribution >= 4 is 11.6 Å². The number of nitrogens with one attached hydrogen (secondary N) is 1. The molecule has 0 aromatic carbocycles. The second-order valence-electron chi connectivity index (χ2n) is 4.66. The monoisotopic (exact) mass is 270 g/mol. The molecule has 1 rings (SSSR count). The van der Waals surface area contributed by atoms with Crippen molar-refractivity contribution in [1.82, 2.24) is 15.3 Å². The molecular weight excluding hydrogens is 252 g/mol. The van der Waals surface area contributed by atoms with Crippen LogP contribution in [0.15, 0.2) is 0 Å². The van der Waals surface area contributed by atoms with Crippen molar-refractivity contribution < 1.29 is 14.6 Å². The normalized spacial score (nSPS) is 10.8. The Morgan fingerprint density at radius 1 is 1.53 bits per heavy atom. The van der Waals surface area contributed by atoms with Crippen LogP contribution in [0.5, 0.6) is 0 Å². The SMILES string of the molecule is Cc1nn(CC(=O)NOCC(C)C)c(C)c1[N+](=O)[O-]. The molecule has 0 aliphatic rings. The highest BCUT2D eigenvalue weighted by atomic mass is 16.7. The van der Waals surface area contributed by atoms with Gasteiger partial charge in [-0.1, -0.05) is 13.8 Å². The minimum absolute atomic E-state index is 0.0594. The van der Waals surface area contributed by atoms with Crippen LogP contribution in [-0.2, 0) is 16.2 Å². The first-order valence-electron chi connectivity index (χ1n) is 5.92. The summed E-state index contributed by atoms with van der Waals surface area (Å²) in [6.45, 7) is 7.30. The van der Waals surface area contributed by atoms with Gasteiger partial charge in [-0.2, -0.15) is 5.10 Å². The number of amides is 1. The third-order valence-electron chi connectivity index (χ3n) is 2.42. The third-order valence-corrected chi connectivity index (χ3v) is 2.42. The molecule has 1 N–H and O–H groups in total. The highest BCUT2D eigenvalue weighted by molar-refractivity contribution is 5.74. The van der Waals surface area contributed by atoms with Crippen LogP contribution in [0.4, 0.5) is 5.69 Å². The number of hydroxylamine groups is 1. The van der Waals surface area contributed by atoms with Crippen molar-refractivity contribution in [3.63, 3.8) is 0 Å². The van der Waals surface area contributed by atoms with Crippen molar-refractivity contribution in [3.8, 4) is 0 Å². The molecule has 1 amide bonds. The Bertz CT molecular complexity index is 481. The molecule has 0 radical (unpaired) electrons. The lowest BCUT2D eigenvalue weighted by Gasteiger charge is -2.08. The van der Waals surface area contributed by atoms with Crippen molar-refractivity contribution in [2.75, 3.05) is 6.61 Å². The molecule has 0 aliphatic heterocycles. The molecule has 0 spiro atoms. The average molecular weight is 270 g/mol. The van der Waals surface area contributed by atoms with Crippen LogP contribution >= 0.6 is 0 Å². The smallest absolute Gasteiger partial charge is 0.273 e. The number of aryl methyl sites for hydroxylation is 1. The maximum Gasteiger partial charge on any atom is 0.312 e. The lowest BCUT2D eigenvalue weighted by Crippen LogP contribution is -2.29. The molecule has 0 aliphatic carbocycles. The summed E-state index contributed by atoms with van der Waals surface area (Å²) >= 11 is 0. The predicted octanol–water partition coefficient (Wildman–Crippen LogP) is 1.11. The quantitative estimate of drug-likeness (QED) is 0.616. The van der Waals surface area contributed by atoms with Gasteiger partial charge < -0.3 is 0 Å². The number of rotatable bonds is 6. The lowest BCUT2D eigenvalue weighted by atomic mass is 10.2. The average Bonchev–Trinajstić information content (AvgIpc) is 2.53. The number of carbonyl (C=O) groups is 1. The second-order valence-corrected chi connectivity index (χ2v) is 4.66. The van der Waals surface area contributed by atoms with Crippen LogP contribution in [0, 0.1) is 29.9 Å². The fourth-order valence-corrected chi connectivity index (χ4v) is 1.56. The van der Waals surface area contributed by atoms with Crippen LogP contribution in [0.25, 0.3) is 0 Å². The van der Waals surface area contributed by atoms with Crippen molar-refractivity contribution in [2.24, 2.45) is 5.92 Å². The van der Waals surface area contributed by atoms with Gasteiger partial charge in [-0.05, 0) is 19.8 Å². The highest BCUT2D eigenvalue weighted by Crippen LogP contribution is 2.21. The fraction of sp³-hybridized carbons (Fsp3) is 0.636. The number of nitrogens with zero attached hydrogens (tertiary/aromatic N) is 3. The van der Waals surface area contributed by atoms with E-state index in [-0.39, 0.29) is 12.2 Å². The Balaban J connectivity index is 2.65. The Labute approximate surface area is 110 Å². The summed E-state index contributed by atoms with van der Waals surface area (Å²) in [5.74, 6) is -0.101. The zero-order chi connectivity index (χ0) is 14.6. The minimum atomic E-state index is -0.499. The van der Waals surface area contributed by atoms with E-state index < -0.39 is 10.8 Å². The maximum atomic E-state index is 11.6.